The molecule has 0 saturated heterocycles. The second-order valence-electron chi connectivity index (χ2n) is 4.53. The van der Waals surface area contributed by atoms with E-state index in [0.717, 1.165) is 12.1 Å². The van der Waals surface area contributed by atoms with Gasteiger partial charge in [0.25, 0.3) is 0 Å². The number of halogens is 6. The normalized spacial score (nSPS) is 13.0. The zero-order valence-electron chi connectivity index (χ0n) is 11.6. The van der Waals surface area contributed by atoms with Crippen LogP contribution in [0.25, 0.3) is 11.3 Å². The topological polar surface area (TPSA) is 59.4 Å². The van der Waals surface area contributed by atoms with Gasteiger partial charge in [0.2, 0.25) is 0 Å². The lowest BCUT2D eigenvalue weighted by atomic mass is 10.1. The van der Waals surface area contributed by atoms with E-state index in [2.05, 4.69) is 4.37 Å². The molecular formula is C13H7Cl2F4NO3S. The van der Waals surface area contributed by atoms with Gasteiger partial charge < -0.3 is 9.84 Å². The van der Waals surface area contributed by atoms with Crippen molar-refractivity contribution in [1.29, 1.82) is 0 Å². The fourth-order valence-electron chi connectivity index (χ4n) is 1.66. The average Bonchev–Trinajstić information content (AvgIpc) is 2.83. The van der Waals surface area contributed by atoms with E-state index in [4.69, 9.17) is 33.0 Å². The van der Waals surface area contributed by atoms with Crippen molar-refractivity contribution in [3.63, 3.8) is 0 Å². The molecule has 4 nitrogen and oxygen atoms in total. The second kappa shape index (κ2) is 6.73. The minimum Gasteiger partial charge on any atom is -0.479 e. The largest absolute Gasteiger partial charge is 0.479 e. The summed E-state index contributed by atoms with van der Waals surface area (Å²) < 4.78 is 60.9. The van der Waals surface area contributed by atoms with Crippen LogP contribution >= 0.6 is 34.7 Å². The molecule has 2 aromatic rings. The zero-order valence-corrected chi connectivity index (χ0v) is 13.9. The molecule has 0 saturated carbocycles. The second-order valence-corrected chi connectivity index (χ2v) is 6.09. The predicted octanol–water partition coefficient (Wildman–Crippen LogP) is 5.13. The number of ether oxygens (including phenoxy) is 1. The van der Waals surface area contributed by atoms with Crippen molar-refractivity contribution in [3.8, 4) is 17.0 Å². The molecule has 0 fully saturated rings. The van der Waals surface area contributed by atoms with Crippen LogP contribution in [-0.4, -0.2) is 21.6 Å². The van der Waals surface area contributed by atoms with E-state index in [-0.39, 0.29) is 27.9 Å². The fourth-order valence-corrected chi connectivity index (χ4v) is 2.92. The highest BCUT2D eigenvalue weighted by molar-refractivity contribution is 7.06. The van der Waals surface area contributed by atoms with Crippen LogP contribution in [0.3, 0.4) is 0 Å². The third-order valence-electron chi connectivity index (χ3n) is 2.82. The van der Waals surface area contributed by atoms with Crippen molar-refractivity contribution in [3.05, 3.63) is 32.9 Å². The first kappa shape index (κ1) is 18.8. The number of carboxylic acid groups (broad SMARTS) is 1. The van der Waals surface area contributed by atoms with Gasteiger partial charge >= 0.3 is 12.1 Å². The number of aromatic nitrogens is 1. The van der Waals surface area contributed by atoms with Crippen molar-refractivity contribution in [2.24, 2.45) is 0 Å². The summed E-state index contributed by atoms with van der Waals surface area (Å²) in [6.45, 7) is 1.21. The van der Waals surface area contributed by atoms with Crippen molar-refractivity contribution >= 4 is 40.7 Å². The highest BCUT2D eigenvalue weighted by Gasteiger charge is 2.38. The van der Waals surface area contributed by atoms with E-state index in [1.165, 1.54) is 6.92 Å². The molecular weight excluding hydrogens is 397 g/mol. The molecule has 0 bridgehead atoms. The number of benzene rings is 1. The molecule has 0 radical (unpaired) electrons. The Morgan fingerprint density at radius 1 is 1.38 bits per heavy atom. The standard InChI is InChI=1S/C13H7Cl2F4NO3S/c1-4(12(21)22)23-8-2-5(7(16)3-6(8)14)10-9(15)11(24-20-10)13(17,18)19/h2-4H,1H3,(H,21,22). The molecule has 11 heteroatoms. The number of carbonyl (C=O) groups is 1. The summed E-state index contributed by atoms with van der Waals surface area (Å²) in [5.41, 5.74) is -0.820. The minimum absolute atomic E-state index is 0.0740. The van der Waals surface area contributed by atoms with Gasteiger partial charge in [0.05, 0.1) is 10.0 Å². The lowest BCUT2D eigenvalue weighted by molar-refractivity contribution is -0.144. The third kappa shape index (κ3) is 3.73. The van der Waals surface area contributed by atoms with Gasteiger partial charge in [-0.05, 0) is 30.6 Å². The molecule has 1 heterocycles. The van der Waals surface area contributed by atoms with Gasteiger partial charge in [-0.2, -0.15) is 17.5 Å². The number of carboxylic acids is 1. The summed E-state index contributed by atoms with van der Waals surface area (Å²) in [6, 6.07) is 1.74. The number of rotatable bonds is 4. The zero-order chi connectivity index (χ0) is 18.2. The van der Waals surface area contributed by atoms with E-state index in [1.807, 2.05) is 0 Å². The van der Waals surface area contributed by atoms with Gasteiger partial charge in [-0.3, -0.25) is 0 Å². The fraction of sp³-hybridized carbons (Fsp3) is 0.231. The quantitative estimate of drug-likeness (QED) is 0.719. The lowest BCUT2D eigenvalue weighted by Crippen LogP contribution is -2.23. The highest BCUT2D eigenvalue weighted by Crippen LogP contribution is 2.44. The Morgan fingerprint density at radius 3 is 2.50 bits per heavy atom. The molecule has 1 unspecified atom stereocenters. The number of hydrogen-bond donors (Lipinski definition) is 1. The first-order chi connectivity index (χ1) is 11.0. The van der Waals surface area contributed by atoms with Gasteiger partial charge in [0.1, 0.15) is 22.1 Å². The highest BCUT2D eigenvalue weighted by atomic mass is 35.5. The maximum absolute atomic E-state index is 14.1. The Morgan fingerprint density at radius 2 is 2.00 bits per heavy atom. The summed E-state index contributed by atoms with van der Waals surface area (Å²) in [6.07, 6.45) is -6.04. The van der Waals surface area contributed by atoms with Gasteiger partial charge in [-0.25, -0.2) is 9.18 Å². The molecule has 0 aliphatic heterocycles. The van der Waals surface area contributed by atoms with Crippen molar-refractivity contribution in [1.82, 2.24) is 4.37 Å². The number of nitrogens with zero attached hydrogens (tertiary/aromatic N) is 1. The van der Waals surface area contributed by atoms with E-state index < -0.39 is 39.7 Å². The molecule has 0 spiro atoms. The average molecular weight is 404 g/mol. The van der Waals surface area contributed by atoms with Crippen LogP contribution in [0.1, 0.15) is 11.8 Å². The maximum Gasteiger partial charge on any atom is 0.428 e. The van der Waals surface area contributed by atoms with Crippen molar-refractivity contribution in [2.45, 2.75) is 19.2 Å². The molecule has 24 heavy (non-hydrogen) atoms. The van der Waals surface area contributed by atoms with Crippen molar-refractivity contribution < 1.29 is 32.2 Å². The smallest absolute Gasteiger partial charge is 0.428 e. The molecule has 1 aromatic carbocycles. The Bertz CT molecular complexity index is 794. The van der Waals surface area contributed by atoms with Crippen LogP contribution in [0.2, 0.25) is 10.0 Å². The first-order valence-corrected chi connectivity index (χ1v) is 7.66. The van der Waals surface area contributed by atoms with E-state index in [1.54, 1.807) is 0 Å². The summed E-state index contributed by atoms with van der Waals surface area (Å²) in [5, 5.41) is 7.81. The molecule has 2 rings (SSSR count). The monoisotopic (exact) mass is 403 g/mol. The number of hydrogen-bond acceptors (Lipinski definition) is 4. The maximum atomic E-state index is 14.1. The lowest BCUT2D eigenvalue weighted by Gasteiger charge is -2.13. The Labute approximate surface area is 146 Å². The van der Waals surface area contributed by atoms with E-state index in [0.29, 0.717) is 0 Å². The van der Waals surface area contributed by atoms with Crippen LogP contribution in [-0.2, 0) is 11.0 Å². The predicted molar refractivity (Wildman–Crippen MR) is 80.3 cm³/mol. The van der Waals surface area contributed by atoms with Gasteiger partial charge in [0, 0.05) is 5.56 Å². The molecule has 0 aliphatic rings. The number of aliphatic carboxylic acids is 1. The summed E-state index contributed by atoms with van der Waals surface area (Å²) in [7, 11) is 0. The van der Waals surface area contributed by atoms with Crippen LogP contribution < -0.4 is 4.74 Å². The van der Waals surface area contributed by atoms with E-state index >= 15 is 0 Å². The summed E-state index contributed by atoms with van der Waals surface area (Å²) in [4.78, 5) is 9.63. The minimum atomic E-state index is -4.73. The molecule has 1 N–H and O–H groups in total. The number of alkyl halides is 3. The summed E-state index contributed by atoms with van der Waals surface area (Å²) in [5.74, 6) is -2.50. The molecule has 0 amide bonds. The Hall–Kier alpha value is -1.58. The molecule has 0 aliphatic carbocycles. The van der Waals surface area contributed by atoms with Crippen LogP contribution in [0.5, 0.6) is 5.75 Å². The Balaban J connectivity index is 2.52. The van der Waals surface area contributed by atoms with Crippen molar-refractivity contribution in [2.75, 3.05) is 0 Å². The van der Waals surface area contributed by atoms with Gasteiger partial charge in [-0.1, -0.05) is 23.2 Å². The van der Waals surface area contributed by atoms with Crippen LogP contribution in [0, 0.1) is 5.82 Å². The molecule has 1 aromatic heterocycles. The Kier molecular flexibility index (Phi) is 5.26. The van der Waals surface area contributed by atoms with Crippen LogP contribution in [0.15, 0.2) is 12.1 Å². The van der Waals surface area contributed by atoms with E-state index in [9.17, 15) is 22.4 Å². The SMILES string of the molecule is CC(Oc1cc(-c2nsc(C(F)(F)F)c2Cl)c(F)cc1Cl)C(=O)O. The molecule has 1 atom stereocenters. The van der Waals surface area contributed by atoms with Gasteiger partial charge in [0.15, 0.2) is 6.10 Å². The first-order valence-electron chi connectivity index (χ1n) is 6.13. The molecule has 130 valence electrons. The third-order valence-corrected chi connectivity index (χ3v) is 4.49. The van der Waals surface area contributed by atoms with Gasteiger partial charge in [-0.15, -0.1) is 0 Å². The summed E-state index contributed by atoms with van der Waals surface area (Å²) >= 11 is 11.5. The van der Waals surface area contributed by atoms with Crippen LogP contribution in [0.4, 0.5) is 17.6 Å².